The molecule has 0 bridgehead atoms. The summed E-state index contributed by atoms with van der Waals surface area (Å²) in [6.45, 7) is 1.97. The van der Waals surface area contributed by atoms with Gasteiger partial charge in [0, 0.05) is 0 Å². The van der Waals surface area contributed by atoms with Gasteiger partial charge in [-0.2, -0.15) is 0 Å². The van der Waals surface area contributed by atoms with Crippen molar-refractivity contribution in [2.24, 2.45) is 0 Å². The zero-order valence-electron chi connectivity index (χ0n) is 10.1. The van der Waals surface area contributed by atoms with Gasteiger partial charge in [-0.1, -0.05) is 0 Å². The van der Waals surface area contributed by atoms with Crippen LogP contribution in [-0.2, 0) is 13.1 Å². The van der Waals surface area contributed by atoms with Crippen molar-refractivity contribution in [3.05, 3.63) is 21.7 Å². The van der Waals surface area contributed by atoms with Crippen LogP contribution >= 0.6 is 15.9 Å². The number of halogens is 1. The Labute approximate surface area is 105 Å². The number of ether oxygens (including phenoxy) is 2. The van der Waals surface area contributed by atoms with Crippen LogP contribution in [0.25, 0.3) is 0 Å². The third-order valence-corrected chi connectivity index (χ3v) is 3.60. The lowest BCUT2D eigenvalue weighted by Gasteiger charge is -2.22. The summed E-state index contributed by atoms with van der Waals surface area (Å²) < 4.78 is 12.8. The van der Waals surface area contributed by atoms with Gasteiger partial charge in [-0.05, 0) is 22.0 Å². The molecule has 2 rings (SSSR count). The van der Waals surface area contributed by atoms with Gasteiger partial charge in [-0.15, -0.1) is 0 Å². The van der Waals surface area contributed by atoms with Gasteiger partial charge in [0.1, 0.15) is 24.6 Å². The summed E-state index contributed by atoms with van der Waals surface area (Å²) in [4.78, 5) is 0. The molecule has 0 fully saturated rings. The van der Waals surface area contributed by atoms with Crippen LogP contribution in [-0.4, -0.2) is 32.8 Å². The first-order valence-electron chi connectivity index (χ1n) is 5.23. The number of fused-ring (bicyclic) bond motifs is 1. The smallest absolute Gasteiger partial charge is 0.142 e. The molecule has 16 heavy (non-hydrogen) atoms. The van der Waals surface area contributed by atoms with Crippen molar-refractivity contribution >= 4 is 15.9 Å². The van der Waals surface area contributed by atoms with Crippen LogP contribution in [0.4, 0.5) is 0 Å². The number of hydrogen-bond acceptors (Lipinski definition) is 2. The molecule has 1 heterocycles. The first-order valence-corrected chi connectivity index (χ1v) is 6.02. The minimum atomic E-state index is 0.943. The van der Waals surface area contributed by atoms with Crippen LogP contribution in [0.1, 0.15) is 11.1 Å². The minimum Gasteiger partial charge on any atom is -0.496 e. The van der Waals surface area contributed by atoms with Gasteiger partial charge in [0.05, 0.1) is 43.9 Å². The second-order valence-corrected chi connectivity index (χ2v) is 5.66. The maximum absolute atomic E-state index is 5.47. The number of quaternary nitrogens is 1. The molecule has 3 nitrogen and oxygen atoms in total. The monoisotopic (exact) mass is 286 g/mol. The molecule has 0 aliphatic carbocycles. The Morgan fingerprint density at radius 2 is 1.75 bits per heavy atom. The maximum Gasteiger partial charge on any atom is 0.142 e. The van der Waals surface area contributed by atoms with Gasteiger partial charge in [-0.25, -0.2) is 0 Å². The van der Waals surface area contributed by atoms with Crippen molar-refractivity contribution in [2.75, 3.05) is 28.3 Å². The molecule has 1 aromatic carbocycles. The second-order valence-electron chi connectivity index (χ2n) is 4.80. The van der Waals surface area contributed by atoms with Crippen molar-refractivity contribution in [2.45, 2.75) is 13.1 Å². The van der Waals surface area contributed by atoms with E-state index in [1.165, 1.54) is 11.1 Å². The molecule has 1 aromatic rings. The van der Waals surface area contributed by atoms with E-state index in [1.807, 2.05) is 6.07 Å². The van der Waals surface area contributed by atoms with E-state index in [2.05, 4.69) is 30.0 Å². The summed E-state index contributed by atoms with van der Waals surface area (Å²) in [5.74, 6) is 1.89. The molecule has 4 heteroatoms. The van der Waals surface area contributed by atoms with E-state index in [-0.39, 0.29) is 0 Å². The van der Waals surface area contributed by atoms with E-state index in [0.29, 0.717) is 0 Å². The molecule has 0 radical (unpaired) electrons. The largest absolute Gasteiger partial charge is 0.496 e. The molecular weight excluding hydrogens is 270 g/mol. The molecule has 1 aliphatic heterocycles. The van der Waals surface area contributed by atoms with Crippen molar-refractivity contribution in [1.29, 1.82) is 0 Å². The fourth-order valence-corrected chi connectivity index (χ4v) is 2.96. The van der Waals surface area contributed by atoms with Gasteiger partial charge >= 0.3 is 0 Å². The van der Waals surface area contributed by atoms with Crippen LogP contribution in [0.15, 0.2) is 10.5 Å². The summed E-state index contributed by atoms with van der Waals surface area (Å²) in [6, 6.07) is 1.99. The Morgan fingerprint density at radius 3 is 2.31 bits per heavy atom. The normalized spacial score (nSPS) is 17.1. The zero-order chi connectivity index (χ0) is 11.9. The average Bonchev–Trinajstić information content (AvgIpc) is 2.52. The molecule has 88 valence electrons. The van der Waals surface area contributed by atoms with Crippen molar-refractivity contribution in [3.8, 4) is 11.5 Å². The molecule has 0 saturated heterocycles. The van der Waals surface area contributed by atoms with E-state index < -0.39 is 0 Å². The highest BCUT2D eigenvalue weighted by Crippen LogP contribution is 2.43. The summed E-state index contributed by atoms with van der Waals surface area (Å²) in [5, 5.41) is 0. The Bertz CT molecular complexity index is 430. The standard InChI is InChI=1S/C12H17BrNO2/c1-14(2)6-8-9(7-14)12(16-4)10(13)5-11(8)15-3/h5H,6-7H2,1-4H3/q+1. The zero-order valence-corrected chi connectivity index (χ0v) is 11.7. The van der Waals surface area contributed by atoms with Crippen molar-refractivity contribution < 1.29 is 14.0 Å². The molecule has 0 unspecified atom stereocenters. The lowest BCUT2D eigenvalue weighted by Crippen LogP contribution is -2.32. The fraction of sp³-hybridized carbons (Fsp3) is 0.500. The molecule has 0 atom stereocenters. The van der Waals surface area contributed by atoms with E-state index in [1.54, 1.807) is 14.2 Å². The molecule has 0 amide bonds. The average molecular weight is 287 g/mol. The Morgan fingerprint density at radius 1 is 1.12 bits per heavy atom. The number of rotatable bonds is 2. The predicted molar refractivity (Wildman–Crippen MR) is 66.8 cm³/mol. The Hall–Kier alpha value is -0.740. The summed E-state index contributed by atoms with van der Waals surface area (Å²) in [7, 11) is 7.86. The summed E-state index contributed by atoms with van der Waals surface area (Å²) >= 11 is 3.53. The highest BCUT2D eigenvalue weighted by Gasteiger charge is 2.34. The number of nitrogens with zero attached hydrogens (tertiary/aromatic N) is 1. The van der Waals surface area contributed by atoms with Crippen LogP contribution in [0.5, 0.6) is 11.5 Å². The third-order valence-electron chi connectivity index (χ3n) is 3.01. The lowest BCUT2D eigenvalue weighted by molar-refractivity contribution is -0.910. The van der Waals surface area contributed by atoms with E-state index >= 15 is 0 Å². The summed E-state index contributed by atoms with van der Waals surface area (Å²) in [6.07, 6.45) is 0. The third kappa shape index (κ3) is 1.80. The Balaban J connectivity index is 2.61. The number of hydrogen-bond donors (Lipinski definition) is 0. The SMILES string of the molecule is COc1cc(Br)c(OC)c2c1C[N+](C)(C)C2. The van der Waals surface area contributed by atoms with E-state index in [4.69, 9.17) is 9.47 Å². The van der Waals surface area contributed by atoms with Gasteiger partial charge in [0.25, 0.3) is 0 Å². The molecule has 1 aliphatic rings. The molecule has 0 spiro atoms. The van der Waals surface area contributed by atoms with Crippen LogP contribution in [0.2, 0.25) is 0 Å². The quantitative estimate of drug-likeness (QED) is 0.778. The molecule has 0 saturated carbocycles. The van der Waals surface area contributed by atoms with Crippen LogP contribution < -0.4 is 9.47 Å². The number of methoxy groups -OCH3 is 2. The highest BCUT2D eigenvalue weighted by molar-refractivity contribution is 9.10. The highest BCUT2D eigenvalue weighted by atomic mass is 79.9. The van der Waals surface area contributed by atoms with Crippen LogP contribution in [0.3, 0.4) is 0 Å². The van der Waals surface area contributed by atoms with Crippen LogP contribution in [0, 0.1) is 0 Å². The predicted octanol–water partition coefficient (Wildman–Crippen LogP) is 2.56. The van der Waals surface area contributed by atoms with Gasteiger partial charge in [0.2, 0.25) is 0 Å². The fourth-order valence-electron chi connectivity index (χ4n) is 2.35. The van der Waals surface area contributed by atoms with Crippen molar-refractivity contribution in [1.82, 2.24) is 0 Å². The van der Waals surface area contributed by atoms with Gasteiger partial charge in [-0.3, -0.25) is 0 Å². The topological polar surface area (TPSA) is 18.5 Å². The van der Waals surface area contributed by atoms with Gasteiger partial charge in [0.15, 0.2) is 0 Å². The Kier molecular flexibility index (Phi) is 2.88. The van der Waals surface area contributed by atoms with E-state index in [0.717, 1.165) is 33.5 Å². The van der Waals surface area contributed by atoms with Crippen molar-refractivity contribution in [3.63, 3.8) is 0 Å². The number of benzene rings is 1. The molecular formula is C12H17BrNO2+. The summed E-state index contributed by atoms with van der Waals surface area (Å²) in [5.41, 5.74) is 2.53. The second kappa shape index (κ2) is 3.93. The first kappa shape index (κ1) is 11.7. The maximum atomic E-state index is 5.47. The van der Waals surface area contributed by atoms with E-state index in [9.17, 15) is 0 Å². The molecule has 0 N–H and O–H groups in total. The minimum absolute atomic E-state index is 0.943. The lowest BCUT2D eigenvalue weighted by atomic mass is 10.1. The first-order chi connectivity index (χ1) is 7.48. The van der Waals surface area contributed by atoms with Gasteiger partial charge < -0.3 is 14.0 Å². The molecule has 0 aromatic heterocycles.